The van der Waals surface area contributed by atoms with Crippen molar-refractivity contribution in [1.29, 1.82) is 5.26 Å². The van der Waals surface area contributed by atoms with E-state index < -0.39 is 35.8 Å². The summed E-state index contributed by atoms with van der Waals surface area (Å²) in [5, 5.41) is 13.8. The van der Waals surface area contributed by atoms with Gasteiger partial charge >= 0.3 is 5.97 Å². The van der Waals surface area contributed by atoms with E-state index in [4.69, 9.17) is 4.74 Å². The Kier molecular flexibility index (Phi) is 6.51. The molecule has 0 aliphatic carbocycles. The number of esters is 1. The van der Waals surface area contributed by atoms with Crippen LogP contribution >= 0.6 is 0 Å². The highest BCUT2D eigenvalue weighted by Gasteiger charge is 2.44. The zero-order valence-corrected chi connectivity index (χ0v) is 18.8. The summed E-state index contributed by atoms with van der Waals surface area (Å²) in [5.74, 6) is -1.65. The Bertz CT molecular complexity index is 1350. The minimum atomic E-state index is -1.92. The third kappa shape index (κ3) is 4.57. The van der Waals surface area contributed by atoms with E-state index in [1.807, 2.05) is 66.7 Å². The molecule has 0 atom stereocenters. The molecule has 5 nitrogen and oxygen atoms in total. The number of carbonyl (C=O) groups excluding carboxylic acids is 3. The molecule has 0 amide bonds. The zero-order valence-electron chi connectivity index (χ0n) is 18.8. The zero-order chi connectivity index (χ0) is 24.1. The Morgan fingerprint density at radius 2 is 1.18 bits per heavy atom. The molecule has 0 N–H and O–H groups in total. The summed E-state index contributed by atoms with van der Waals surface area (Å²) in [5.41, 5.74) is -1.16. The van der Waals surface area contributed by atoms with Gasteiger partial charge in [0.15, 0.2) is 17.0 Å². The summed E-state index contributed by atoms with van der Waals surface area (Å²) in [6, 6.07) is 27.6. The van der Waals surface area contributed by atoms with Crippen molar-refractivity contribution in [2.45, 2.75) is 19.8 Å². The van der Waals surface area contributed by atoms with E-state index in [1.165, 1.54) is 0 Å². The number of rotatable bonds is 8. The monoisotopic (exact) mass is 449 g/mol. The first-order chi connectivity index (χ1) is 16.5. The standard InChI is InChI=1S/C29H23NO4/c1-2-34-28(33)29(19-30,17-26(31)24-13-11-20-7-3-5-9-22(20)15-24)18-27(32)25-14-12-21-8-4-6-10-23(21)16-25/h3-16H,2,17-18H2,1H3. The lowest BCUT2D eigenvalue weighted by Gasteiger charge is -2.23. The van der Waals surface area contributed by atoms with Gasteiger partial charge in [-0.1, -0.05) is 72.8 Å². The third-order valence-corrected chi connectivity index (χ3v) is 5.95. The van der Waals surface area contributed by atoms with Crippen LogP contribution in [0.1, 0.15) is 40.5 Å². The molecule has 0 radical (unpaired) electrons. The van der Waals surface area contributed by atoms with Gasteiger partial charge in [0, 0.05) is 24.0 Å². The molecular formula is C29H23NO4. The Morgan fingerprint density at radius 1 is 0.735 bits per heavy atom. The van der Waals surface area contributed by atoms with Crippen LogP contribution in [0.25, 0.3) is 21.5 Å². The van der Waals surface area contributed by atoms with Gasteiger partial charge in [-0.15, -0.1) is 0 Å². The van der Waals surface area contributed by atoms with Gasteiger partial charge in [0.2, 0.25) is 0 Å². The molecule has 0 fully saturated rings. The maximum absolute atomic E-state index is 13.2. The topological polar surface area (TPSA) is 84.2 Å². The number of nitriles is 1. The van der Waals surface area contributed by atoms with E-state index in [0.29, 0.717) is 11.1 Å². The van der Waals surface area contributed by atoms with Gasteiger partial charge in [-0.05, 0) is 40.6 Å². The highest BCUT2D eigenvalue weighted by atomic mass is 16.5. The summed E-state index contributed by atoms with van der Waals surface area (Å²) in [4.78, 5) is 39.3. The van der Waals surface area contributed by atoms with Gasteiger partial charge in [0.1, 0.15) is 0 Å². The molecule has 0 aliphatic rings. The number of ether oxygens (including phenoxy) is 1. The van der Waals surface area contributed by atoms with Crippen molar-refractivity contribution in [2.24, 2.45) is 5.41 Å². The Hall–Kier alpha value is -4.30. The smallest absolute Gasteiger partial charge is 0.327 e. The number of ketones is 2. The average Bonchev–Trinajstić information content (AvgIpc) is 2.87. The summed E-state index contributed by atoms with van der Waals surface area (Å²) >= 11 is 0. The summed E-state index contributed by atoms with van der Waals surface area (Å²) < 4.78 is 5.15. The van der Waals surface area contributed by atoms with E-state index in [1.54, 1.807) is 31.2 Å². The quantitative estimate of drug-likeness (QED) is 0.247. The van der Waals surface area contributed by atoms with Crippen LogP contribution in [0.2, 0.25) is 0 Å². The number of Topliss-reactive ketones (excluding diaryl/α,β-unsaturated/α-hetero) is 2. The molecule has 0 aromatic heterocycles. The number of hydrogen-bond acceptors (Lipinski definition) is 5. The molecule has 34 heavy (non-hydrogen) atoms. The lowest BCUT2D eigenvalue weighted by atomic mass is 9.77. The van der Waals surface area contributed by atoms with Gasteiger partial charge in [-0.25, -0.2) is 0 Å². The first-order valence-electron chi connectivity index (χ1n) is 11.1. The van der Waals surface area contributed by atoms with E-state index in [2.05, 4.69) is 0 Å². The van der Waals surface area contributed by atoms with Crippen LogP contribution in [0, 0.1) is 16.7 Å². The van der Waals surface area contributed by atoms with E-state index in [-0.39, 0.29) is 6.61 Å². The van der Waals surface area contributed by atoms with Crippen molar-refractivity contribution in [2.75, 3.05) is 6.61 Å². The highest BCUT2D eigenvalue weighted by molar-refractivity contribution is 6.06. The van der Waals surface area contributed by atoms with Crippen LogP contribution in [0.15, 0.2) is 84.9 Å². The van der Waals surface area contributed by atoms with Crippen LogP contribution in [0.4, 0.5) is 0 Å². The van der Waals surface area contributed by atoms with Crippen LogP contribution < -0.4 is 0 Å². The maximum Gasteiger partial charge on any atom is 0.327 e. The molecule has 4 aromatic rings. The molecule has 4 rings (SSSR count). The van der Waals surface area contributed by atoms with Crippen LogP contribution in [0.5, 0.6) is 0 Å². The lowest BCUT2D eigenvalue weighted by molar-refractivity contribution is -0.151. The largest absolute Gasteiger partial charge is 0.465 e. The van der Waals surface area contributed by atoms with Gasteiger partial charge < -0.3 is 4.74 Å². The summed E-state index contributed by atoms with van der Waals surface area (Å²) in [7, 11) is 0. The molecule has 4 aromatic carbocycles. The SMILES string of the molecule is CCOC(=O)C(C#N)(CC(=O)c1ccc2ccccc2c1)CC(=O)c1ccc2ccccc2c1. The van der Waals surface area contributed by atoms with E-state index in [9.17, 15) is 19.6 Å². The average molecular weight is 450 g/mol. The normalized spacial score (nSPS) is 11.2. The third-order valence-electron chi connectivity index (χ3n) is 5.95. The molecule has 0 bridgehead atoms. The number of benzene rings is 4. The van der Waals surface area contributed by atoms with Crippen LogP contribution in [-0.2, 0) is 9.53 Å². The molecular weight excluding hydrogens is 426 g/mol. The second-order valence-electron chi connectivity index (χ2n) is 8.24. The van der Waals surface area contributed by atoms with Crippen molar-refractivity contribution in [3.63, 3.8) is 0 Å². The Balaban J connectivity index is 1.65. The van der Waals surface area contributed by atoms with Crippen molar-refractivity contribution in [3.8, 4) is 6.07 Å². The Labute approximate surface area is 197 Å². The fourth-order valence-electron chi connectivity index (χ4n) is 4.08. The van der Waals surface area contributed by atoms with Gasteiger partial charge in [-0.3, -0.25) is 14.4 Å². The van der Waals surface area contributed by atoms with Gasteiger partial charge in [-0.2, -0.15) is 5.26 Å². The van der Waals surface area contributed by atoms with Crippen molar-refractivity contribution >= 4 is 39.1 Å². The van der Waals surface area contributed by atoms with Crippen molar-refractivity contribution in [1.82, 2.24) is 0 Å². The first-order valence-corrected chi connectivity index (χ1v) is 11.1. The molecule has 5 heteroatoms. The molecule has 0 heterocycles. The number of fused-ring (bicyclic) bond motifs is 2. The Morgan fingerprint density at radius 3 is 1.59 bits per heavy atom. The maximum atomic E-state index is 13.2. The molecule has 168 valence electrons. The van der Waals surface area contributed by atoms with E-state index >= 15 is 0 Å². The van der Waals surface area contributed by atoms with E-state index in [0.717, 1.165) is 21.5 Å². The predicted octanol–water partition coefficient (Wildman–Crippen LogP) is 5.91. The van der Waals surface area contributed by atoms with Gasteiger partial charge in [0.25, 0.3) is 0 Å². The summed E-state index contributed by atoms with van der Waals surface area (Å²) in [6.07, 6.45) is -0.889. The number of carbonyl (C=O) groups is 3. The fraction of sp³-hybridized carbons (Fsp3) is 0.172. The summed E-state index contributed by atoms with van der Waals surface area (Å²) in [6.45, 7) is 1.66. The molecule has 0 unspecified atom stereocenters. The first kappa shape index (κ1) is 22.9. The number of nitrogens with zero attached hydrogens (tertiary/aromatic N) is 1. The minimum absolute atomic E-state index is 0.0383. The fourth-order valence-corrected chi connectivity index (χ4v) is 4.08. The molecule has 0 saturated heterocycles. The van der Waals surface area contributed by atoms with Crippen molar-refractivity contribution < 1.29 is 19.1 Å². The second-order valence-corrected chi connectivity index (χ2v) is 8.24. The molecule has 0 spiro atoms. The van der Waals surface area contributed by atoms with Crippen LogP contribution in [-0.4, -0.2) is 24.1 Å². The number of hydrogen-bond donors (Lipinski definition) is 0. The molecule has 0 aliphatic heterocycles. The lowest BCUT2D eigenvalue weighted by Crippen LogP contribution is -2.36. The second kappa shape index (κ2) is 9.68. The highest BCUT2D eigenvalue weighted by Crippen LogP contribution is 2.32. The van der Waals surface area contributed by atoms with Crippen molar-refractivity contribution in [3.05, 3.63) is 96.1 Å². The predicted molar refractivity (Wildman–Crippen MR) is 130 cm³/mol. The van der Waals surface area contributed by atoms with Crippen LogP contribution in [0.3, 0.4) is 0 Å². The molecule has 0 saturated carbocycles. The van der Waals surface area contributed by atoms with Gasteiger partial charge in [0.05, 0.1) is 12.7 Å². The minimum Gasteiger partial charge on any atom is -0.465 e.